The normalized spacial score (nSPS) is 15.7. The van der Waals surface area contributed by atoms with Crippen LogP contribution in [0, 0.1) is 5.92 Å². The van der Waals surface area contributed by atoms with Crippen molar-refractivity contribution < 1.29 is 14.3 Å². The molecule has 1 aliphatic carbocycles. The van der Waals surface area contributed by atoms with Gasteiger partial charge in [-0.2, -0.15) is 0 Å². The number of hydrogen-bond acceptors (Lipinski definition) is 3. The zero-order valence-electron chi connectivity index (χ0n) is 12.3. The molecule has 0 aromatic heterocycles. The molecule has 110 valence electrons. The highest BCUT2D eigenvalue weighted by molar-refractivity contribution is 5.78. The van der Waals surface area contributed by atoms with E-state index < -0.39 is 0 Å². The lowest BCUT2D eigenvalue weighted by Gasteiger charge is -2.20. The maximum absolute atomic E-state index is 12.1. The number of carbonyl (C=O) groups is 1. The highest BCUT2D eigenvalue weighted by atomic mass is 16.5. The highest BCUT2D eigenvalue weighted by Crippen LogP contribution is 2.28. The summed E-state index contributed by atoms with van der Waals surface area (Å²) in [6.07, 6.45) is 5.66. The van der Waals surface area contributed by atoms with Crippen molar-refractivity contribution in [3.63, 3.8) is 0 Å². The highest BCUT2D eigenvalue weighted by Gasteiger charge is 2.20. The summed E-state index contributed by atoms with van der Waals surface area (Å²) in [6.45, 7) is 0.537. The average molecular weight is 277 g/mol. The standard InChI is InChI=1S/C16H23NO3/c1-19-14-9-8-12(10-15(14)20-2)11-17-16(18)13-6-4-3-5-7-13/h8-10,13H,3-7,11H2,1-2H3,(H,17,18). The molecule has 1 aromatic rings. The van der Waals surface area contributed by atoms with Gasteiger partial charge >= 0.3 is 0 Å². The molecule has 0 bridgehead atoms. The topological polar surface area (TPSA) is 47.6 Å². The van der Waals surface area contributed by atoms with E-state index in [1.807, 2.05) is 18.2 Å². The predicted molar refractivity (Wildman–Crippen MR) is 78.0 cm³/mol. The molecule has 4 heteroatoms. The molecular weight excluding hydrogens is 254 g/mol. The lowest BCUT2D eigenvalue weighted by atomic mass is 9.88. The molecule has 0 atom stereocenters. The van der Waals surface area contributed by atoms with Crippen molar-refractivity contribution in [2.45, 2.75) is 38.6 Å². The summed E-state index contributed by atoms with van der Waals surface area (Å²) in [7, 11) is 3.23. The number of ether oxygens (including phenoxy) is 2. The molecule has 0 heterocycles. The monoisotopic (exact) mass is 277 g/mol. The molecule has 0 aliphatic heterocycles. The van der Waals surface area contributed by atoms with Gasteiger partial charge in [0, 0.05) is 12.5 Å². The molecule has 1 amide bonds. The van der Waals surface area contributed by atoms with Crippen LogP contribution in [0.5, 0.6) is 11.5 Å². The van der Waals surface area contributed by atoms with Crippen molar-refractivity contribution in [3.05, 3.63) is 23.8 Å². The molecule has 0 radical (unpaired) electrons. The zero-order chi connectivity index (χ0) is 14.4. The number of rotatable bonds is 5. The first-order chi connectivity index (χ1) is 9.74. The van der Waals surface area contributed by atoms with E-state index in [-0.39, 0.29) is 11.8 Å². The molecule has 2 rings (SSSR count). The number of nitrogens with one attached hydrogen (secondary N) is 1. The van der Waals surface area contributed by atoms with Gasteiger partial charge < -0.3 is 14.8 Å². The van der Waals surface area contributed by atoms with E-state index in [1.54, 1.807) is 14.2 Å². The summed E-state index contributed by atoms with van der Waals surface area (Å²) in [4.78, 5) is 12.1. The smallest absolute Gasteiger partial charge is 0.223 e. The minimum absolute atomic E-state index is 0.180. The largest absolute Gasteiger partial charge is 0.493 e. The minimum atomic E-state index is 0.180. The number of benzene rings is 1. The Morgan fingerprint density at radius 1 is 1.15 bits per heavy atom. The number of carbonyl (C=O) groups excluding carboxylic acids is 1. The van der Waals surface area contributed by atoms with Crippen LogP contribution in [0.4, 0.5) is 0 Å². The van der Waals surface area contributed by atoms with E-state index in [9.17, 15) is 4.79 Å². The van der Waals surface area contributed by atoms with E-state index in [0.29, 0.717) is 18.0 Å². The molecule has 0 saturated heterocycles. The van der Waals surface area contributed by atoms with Crippen molar-refractivity contribution in [3.8, 4) is 11.5 Å². The van der Waals surface area contributed by atoms with E-state index in [2.05, 4.69) is 5.32 Å². The second-order valence-corrected chi connectivity index (χ2v) is 5.24. The van der Waals surface area contributed by atoms with Gasteiger partial charge in [-0.15, -0.1) is 0 Å². The molecule has 0 spiro atoms. The SMILES string of the molecule is COc1ccc(CNC(=O)C2CCCCC2)cc1OC. The summed E-state index contributed by atoms with van der Waals surface area (Å²) in [5.74, 6) is 1.77. The van der Waals surface area contributed by atoms with Gasteiger partial charge in [-0.3, -0.25) is 4.79 Å². The zero-order valence-corrected chi connectivity index (χ0v) is 12.3. The van der Waals surface area contributed by atoms with E-state index in [4.69, 9.17) is 9.47 Å². The van der Waals surface area contributed by atoms with Crippen LogP contribution in [-0.2, 0) is 11.3 Å². The first kappa shape index (κ1) is 14.7. The summed E-state index contributed by atoms with van der Waals surface area (Å²) in [6, 6.07) is 5.71. The fourth-order valence-corrected chi connectivity index (χ4v) is 2.69. The van der Waals surface area contributed by atoms with Crippen LogP contribution in [0.25, 0.3) is 0 Å². The summed E-state index contributed by atoms with van der Waals surface area (Å²) >= 11 is 0. The summed E-state index contributed by atoms with van der Waals surface area (Å²) in [5, 5.41) is 3.02. The predicted octanol–water partition coefficient (Wildman–Crippen LogP) is 2.90. The van der Waals surface area contributed by atoms with Gasteiger partial charge in [0.25, 0.3) is 0 Å². The molecule has 20 heavy (non-hydrogen) atoms. The minimum Gasteiger partial charge on any atom is -0.493 e. The number of amides is 1. The van der Waals surface area contributed by atoms with Gasteiger partial charge in [-0.05, 0) is 30.5 Å². The fourth-order valence-electron chi connectivity index (χ4n) is 2.69. The fraction of sp³-hybridized carbons (Fsp3) is 0.562. The second kappa shape index (κ2) is 7.17. The van der Waals surface area contributed by atoms with Gasteiger partial charge in [0.15, 0.2) is 11.5 Å². The van der Waals surface area contributed by atoms with E-state index in [0.717, 1.165) is 18.4 Å². The summed E-state index contributed by atoms with van der Waals surface area (Å²) in [5.41, 5.74) is 1.02. The molecule has 1 saturated carbocycles. The summed E-state index contributed by atoms with van der Waals surface area (Å²) < 4.78 is 10.5. The Hall–Kier alpha value is -1.71. The Balaban J connectivity index is 1.91. The van der Waals surface area contributed by atoms with Gasteiger partial charge in [0.2, 0.25) is 5.91 Å². The Morgan fingerprint density at radius 2 is 1.85 bits per heavy atom. The number of methoxy groups -OCH3 is 2. The lowest BCUT2D eigenvalue weighted by Crippen LogP contribution is -2.31. The molecule has 4 nitrogen and oxygen atoms in total. The molecule has 0 unspecified atom stereocenters. The van der Waals surface area contributed by atoms with Gasteiger partial charge in [-0.25, -0.2) is 0 Å². The molecule has 1 fully saturated rings. The van der Waals surface area contributed by atoms with E-state index in [1.165, 1.54) is 19.3 Å². The van der Waals surface area contributed by atoms with E-state index >= 15 is 0 Å². The molecule has 1 aliphatic rings. The van der Waals surface area contributed by atoms with Crippen molar-refractivity contribution in [1.29, 1.82) is 0 Å². The van der Waals surface area contributed by atoms with Crippen LogP contribution in [0.15, 0.2) is 18.2 Å². The third kappa shape index (κ3) is 3.65. The van der Waals surface area contributed by atoms with Crippen LogP contribution < -0.4 is 14.8 Å². The molecule has 1 aromatic carbocycles. The van der Waals surface area contributed by atoms with Crippen molar-refractivity contribution in [2.24, 2.45) is 5.92 Å². The first-order valence-electron chi connectivity index (χ1n) is 7.23. The van der Waals surface area contributed by atoms with Gasteiger partial charge in [0.05, 0.1) is 14.2 Å². The Kier molecular flexibility index (Phi) is 5.27. The third-order valence-electron chi connectivity index (χ3n) is 3.89. The van der Waals surface area contributed by atoms with Crippen LogP contribution in [-0.4, -0.2) is 20.1 Å². The Labute approximate surface area is 120 Å². The van der Waals surface area contributed by atoms with Crippen LogP contribution in [0.2, 0.25) is 0 Å². The van der Waals surface area contributed by atoms with Crippen molar-refractivity contribution >= 4 is 5.91 Å². The Morgan fingerprint density at radius 3 is 2.50 bits per heavy atom. The maximum Gasteiger partial charge on any atom is 0.223 e. The quantitative estimate of drug-likeness (QED) is 0.900. The lowest BCUT2D eigenvalue weighted by molar-refractivity contribution is -0.126. The van der Waals surface area contributed by atoms with Gasteiger partial charge in [0.1, 0.15) is 0 Å². The van der Waals surface area contributed by atoms with Crippen LogP contribution in [0.1, 0.15) is 37.7 Å². The van der Waals surface area contributed by atoms with Crippen molar-refractivity contribution in [2.75, 3.05) is 14.2 Å². The van der Waals surface area contributed by atoms with Gasteiger partial charge in [-0.1, -0.05) is 25.3 Å². The average Bonchev–Trinajstić information content (AvgIpc) is 2.53. The maximum atomic E-state index is 12.1. The first-order valence-corrected chi connectivity index (χ1v) is 7.23. The van der Waals surface area contributed by atoms with Crippen molar-refractivity contribution in [1.82, 2.24) is 5.32 Å². The number of hydrogen-bond donors (Lipinski definition) is 1. The Bertz CT molecular complexity index is 453. The third-order valence-corrected chi connectivity index (χ3v) is 3.89. The second-order valence-electron chi connectivity index (χ2n) is 5.24. The molecule has 1 N–H and O–H groups in total. The van der Waals surface area contributed by atoms with Crippen LogP contribution in [0.3, 0.4) is 0 Å². The van der Waals surface area contributed by atoms with Crippen LogP contribution >= 0.6 is 0 Å². The molecular formula is C16H23NO3.